The molecule has 0 N–H and O–H groups in total. The molecule has 1 unspecified atom stereocenters. The largest absolute Gasteiger partial charge is 0.493 e. The Balaban J connectivity index is 2.09. The highest BCUT2D eigenvalue weighted by Crippen LogP contribution is 2.29. The van der Waals surface area contributed by atoms with Crippen LogP contribution in [0.25, 0.3) is 6.08 Å². The van der Waals surface area contributed by atoms with Gasteiger partial charge < -0.3 is 18.9 Å². The summed E-state index contributed by atoms with van der Waals surface area (Å²) >= 11 is 0. The first-order valence-electron chi connectivity index (χ1n) is 9.27. The zero-order chi connectivity index (χ0) is 21.2. The van der Waals surface area contributed by atoms with Crippen LogP contribution in [0.5, 0.6) is 11.5 Å². The van der Waals surface area contributed by atoms with Crippen LogP contribution in [0.4, 0.5) is 0 Å². The van der Waals surface area contributed by atoms with Crippen LogP contribution in [0.2, 0.25) is 0 Å². The van der Waals surface area contributed by atoms with E-state index in [4.69, 9.17) is 18.9 Å². The maximum Gasteiger partial charge on any atom is 0.351 e. The van der Waals surface area contributed by atoms with Crippen LogP contribution in [0.1, 0.15) is 31.1 Å². The van der Waals surface area contributed by atoms with Crippen LogP contribution < -0.4 is 9.47 Å². The lowest BCUT2D eigenvalue weighted by atomic mass is 10.1. The molecule has 2 aromatic carbocycles. The Labute approximate surface area is 171 Å². The number of hydrogen-bond acceptors (Lipinski definition) is 6. The van der Waals surface area contributed by atoms with Crippen molar-refractivity contribution in [3.8, 4) is 11.5 Å². The molecule has 0 amide bonds. The molecule has 6 heteroatoms. The minimum Gasteiger partial charge on any atom is -0.493 e. The third kappa shape index (κ3) is 6.68. The van der Waals surface area contributed by atoms with Gasteiger partial charge >= 0.3 is 11.9 Å². The van der Waals surface area contributed by atoms with Gasteiger partial charge in [-0.05, 0) is 29.7 Å². The molecule has 154 valence electrons. The van der Waals surface area contributed by atoms with Crippen LogP contribution in [0, 0.1) is 5.92 Å². The summed E-state index contributed by atoms with van der Waals surface area (Å²) in [6.45, 7) is 4.70. The predicted molar refractivity (Wildman–Crippen MR) is 110 cm³/mol. The quantitative estimate of drug-likeness (QED) is 0.466. The van der Waals surface area contributed by atoms with Crippen molar-refractivity contribution >= 4 is 18.0 Å². The summed E-state index contributed by atoms with van der Waals surface area (Å²) < 4.78 is 21.1. The minimum absolute atomic E-state index is 0.390. The summed E-state index contributed by atoms with van der Waals surface area (Å²) in [5.74, 6) is 0.282. The first-order chi connectivity index (χ1) is 13.9. The van der Waals surface area contributed by atoms with Crippen LogP contribution in [0.3, 0.4) is 0 Å². The zero-order valence-corrected chi connectivity index (χ0v) is 17.1. The van der Waals surface area contributed by atoms with E-state index >= 15 is 0 Å². The molecular formula is C23H26O6. The van der Waals surface area contributed by atoms with Gasteiger partial charge in [-0.1, -0.05) is 50.2 Å². The lowest BCUT2D eigenvalue weighted by molar-refractivity contribution is -0.163. The van der Waals surface area contributed by atoms with Crippen molar-refractivity contribution in [1.82, 2.24) is 0 Å². The predicted octanol–water partition coefficient (Wildman–Crippen LogP) is 4.20. The molecule has 0 spiro atoms. The van der Waals surface area contributed by atoms with Gasteiger partial charge in [-0.3, -0.25) is 0 Å². The molecule has 0 aliphatic rings. The fourth-order valence-electron chi connectivity index (χ4n) is 2.47. The Kier molecular flexibility index (Phi) is 8.27. The molecule has 2 aromatic rings. The van der Waals surface area contributed by atoms with Crippen molar-refractivity contribution < 1.29 is 28.5 Å². The van der Waals surface area contributed by atoms with Gasteiger partial charge in [-0.25, -0.2) is 9.59 Å². The van der Waals surface area contributed by atoms with Crippen molar-refractivity contribution in [1.29, 1.82) is 0 Å². The highest BCUT2D eigenvalue weighted by molar-refractivity contribution is 5.89. The van der Waals surface area contributed by atoms with Crippen molar-refractivity contribution in [3.63, 3.8) is 0 Å². The molecule has 2 rings (SSSR count). The maximum absolute atomic E-state index is 12.2. The summed E-state index contributed by atoms with van der Waals surface area (Å²) in [5, 5.41) is 0. The first-order valence-corrected chi connectivity index (χ1v) is 9.27. The molecule has 0 bridgehead atoms. The van der Waals surface area contributed by atoms with Crippen LogP contribution in [0.15, 0.2) is 54.6 Å². The van der Waals surface area contributed by atoms with E-state index in [-0.39, 0.29) is 0 Å². The second kappa shape index (κ2) is 10.9. The molecule has 29 heavy (non-hydrogen) atoms. The molecule has 0 radical (unpaired) electrons. The highest BCUT2D eigenvalue weighted by Gasteiger charge is 2.24. The number of methoxy groups -OCH3 is 2. The van der Waals surface area contributed by atoms with Crippen LogP contribution >= 0.6 is 0 Å². The van der Waals surface area contributed by atoms with E-state index in [0.717, 1.165) is 5.56 Å². The Morgan fingerprint density at radius 3 is 2.34 bits per heavy atom. The Bertz CT molecular complexity index is 842. The Morgan fingerprint density at radius 1 is 1.00 bits per heavy atom. The second-order valence-corrected chi connectivity index (χ2v) is 6.70. The molecule has 6 nitrogen and oxygen atoms in total. The number of esters is 2. The van der Waals surface area contributed by atoms with E-state index in [1.165, 1.54) is 13.2 Å². The van der Waals surface area contributed by atoms with Crippen molar-refractivity contribution in [2.75, 3.05) is 20.8 Å². The number of rotatable bonds is 9. The number of carbonyl (C=O) groups is 2. The monoisotopic (exact) mass is 398 g/mol. The molecule has 1 atom stereocenters. The molecule has 0 saturated heterocycles. The second-order valence-electron chi connectivity index (χ2n) is 6.70. The van der Waals surface area contributed by atoms with Crippen LogP contribution in [-0.4, -0.2) is 32.8 Å². The fraction of sp³-hybridized carbons (Fsp3) is 0.304. The standard InChI is InChI=1S/C23H26O6/c1-16(2)15-28-19-12-10-17(14-20(19)26-3)11-13-21(24)29-22(23(25)27-4)18-8-6-5-7-9-18/h5-14,16,22H,15H2,1-4H3/b13-11+. The molecular weight excluding hydrogens is 372 g/mol. The zero-order valence-electron chi connectivity index (χ0n) is 17.1. The van der Waals surface area contributed by atoms with E-state index in [1.807, 2.05) is 6.07 Å². The molecule has 0 aliphatic carbocycles. The summed E-state index contributed by atoms with van der Waals surface area (Å²) in [5.41, 5.74) is 1.26. The molecule has 0 heterocycles. The minimum atomic E-state index is -1.13. The maximum atomic E-state index is 12.2. The number of ether oxygens (including phenoxy) is 4. The molecule has 0 saturated carbocycles. The summed E-state index contributed by atoms with van der Waals surface area (Å²) in [7, 11) is 2.80. The SMILES string of the molecule is COC(=O)C(OC(=O)/C=C/c1ccc(OCC(C)C)c(OC)c1)c1ccccc1. The fourth-order valence-corrected chi connectivity index (χ4v) is 2.47. The average Bonchev–Trinajstić information content (AvgIpc) is 2.74. The van der Waals surface area contributed by atoms with Gasteiger partial charge in [0.2, 0.25) is 6.10 Å². The summed E-state index contributed by atoms with van der Waals surface area (Å²) in [6, 6.07) is 14.0. The molecule has 0 fully saturated rings. The first kappa shape index (κ1) is 22.0. The van der Waals surface area contributed by atoms with Gasteiger partial charge in [0.15, 0.2) is 11.5 Å². The Morgan fingerprint density at radius 2 is 1.72 bits per heavy atom. The van der Waals surface area contributed by atoms with Crippen molar-refractivity contribution in [3.05, 3.63) is 65.7 Å². The van der Waals surface area contributed by atoms with Gasteiger partial charge in [0.1, 0.15) is 0 Å². The van der Waals surface area contributed by atoms with Crippen molar-refractivity contribution in [2.45, 2.75) is 20.0 Å². The lowest BCUT2D eigenvalue weighted by Crippen LogP contribution is -2.20. The average molecular weight is 398 g/mol. The topological polar surface area (TPSA) is 71.1 Å². The summed E-state index contributed by atoms with van der Waals surface area (Å²) in [4.78, 5) is 24.2. The number of carbonyl (C=O) groups excluding carboxylic acids is 2. The Hall–Kier alpha value is -3.28. The highest BCUT2D eigenvalue weighted by atomic mass is 16.6. The number of hydrogen-bond donors (Lipinski definition) is 0. The van der Waals surface area contributed by atoms with Gasteiger partial charge in [0, 0.05) is 11.6 Å². The van der Waals surface area contributed by atoms with E-state index in [1.54, 1.807) is 55.7 Å². The molecule has 0 aromatic heterocycles. The van der Waals surface area contributed by atoms with Gasteiger partial charge in [0.25, 0.3) is 0 Å². The van der Waals surface area contributed by atoms with E-state index < -0.39 is 18.0 Å². The third-order valence-electron chi connectivity index (χ3n) is 3.92. The third-order valence-corrected chi connectivity index (χ3v) is 3.92. The lowest BCUT2D eigenvalue weighted by Gasteiger charge is -2.15. The summed E-state index contributed by atoms with van der Waals surface area (Å²) in [6.07, 6.45) is 1.71. The van der Waals surface area contributed by atoms with E-state index in [9.17, 15) is 9.59 Å². The smallest absolute Gasteiger partial charge is 0.351 e. The van der Waals surface area contributed by atoms with E-state index in [2.05, 4.69) is 13.8 Å². The van der Waals surface area contributed by atoms with Gasteiger partial charge in [-0.2, -0.15) is 0 Å². The normalized spacial score (nSPS) is 11.9. The van der Waals surface area contributed by atoms with Gasteiger partial charge in [-0.15, -0.1) is 0 Å². The van der Waals surface area contributed by atoms with Crippen LogP contribution in [-0.2, 0) is 19.1 Å². The van der Waals surface area contributed by atoms with Crippen molar-refractivity contribution in [2.24, 2.45) is 5.92 Å². The van der Waals surface area contributed by atoms with Gasteiger partial charge in [0.05, 0.1) is 20.8 Å². The number of benzene rings is 2. The van der Waals surface area contributed by atoms with E-state index in [0.29, 0.717) is 29.6 Å². The molecule has 0 aliphatic heterocycles.